The molecule has 2 rings (SSSR count). The van der Waals surface area contributed by atoms with Crippen molar-refractivity contribution in [1.82, 2.24) is 14.5 Å². The van der Waals surface area contributed by atoms with E-state index in [1.54, 1.807) is 7.05 Å². The Kier molecular flexibility index (Phi) is 3.23. The van der Waals surface area contributed by atoms with E-state index in [9.17, 15) is 4.79 Å². The maximum absolute atomic E-state index is 11.9. The molecule has 0 saturated carbocycles. The minimum Gasteiger partial charge on any atom is -0.357 e. The molecule has 0 radical (unpaired) electrons. The zero-order valence-corrected chi connectivity index (χ0v) is 11.0. The molecule has 0 bridgehead atoms. The molecule has 0 aliphatic heterocycles. The van der Waals surface area contributed by atoms with Crippen molar-refractivity contribution in [2.45, 2.75) is 6.92 Å². The molecule has 1 aromatic heterocycles. The average molecular weight is 295 g/mol. The van der Waals surface area contributed by atoms with Crippen molar-refractivity contribution in [3.05, 3.63) is 45.0 Å². The molecule has 0 saturated heterocycles. The Bertz CT molecular complexity index is 588. The highest BCUT2D eigenvalue weighted by Crippen LogP contribution is 2.22. The first-order valence-corrected chi connectivity index (χ1v) is 5.81. The fourth-order valence-electron chi connectivity index (χ4n) is 1.54. The molecule has 1 N–H and O–H groups in total. The fourth-order valence-corrected chi connectivity index (χ4v) is 2.19. The van der Waals surface area contributed by atoms with Crippen molar-refractivity contribution < 1.29 is 0 Å². The van der Waals surface area contributed by atoms with Crippen LogP contribution in [0.1, 0.15) is 5.56 Å². The summed E-state index contributed by atoms with van der Waals surface area (Å²) in [5, 5.41) is 2.73. The Balaban J connectivity index is 2.65. The van der Waals surface area contributed by atoms with Gasteiger partial charge in [-0.05, 0) is 34.5 Å². The highest BCUT2D eigenvalue weighted by molar-refractivity contribution is 9.10. The SMILES string of the molecule is CNc1ncn(-c2c(C)cccc2Br)c(=O)n1. The van der Waals surface area contributed by atoms with Crippen LogP contribution in [-0.2, 0) is 0 Å². The van der Waals surface area contributed by atoms with E-state index in [1.807, 2.05) is 25.1 Å². The first kappa shape index (κ1) is 11.8. The van der Waals surface area contributed by atoms with E-state index in [1.165, 1.54) is 10.9 Å². The largest absolute Gasteiger partial charge is 0.357 e. The Morgan fingerprint density at radius 2 is 2.18 bits per heavy atom. The first-order chi connectivity index (χ1) is 8.13. The van der Waals surface area contributed by atoms with Crippen LogP contribution in [-0.4, -0.2) is 21.6 Å². The van der Waals surface area contributed by atoms with E-state index in [2.05, 4.69) is 31.2 Å². The number of para-hydroxylation sites is 1. The number of aromatic nitrogens is 3. The summed E-state index contributed by atoms with van der Waals surface area (Å²) in [6.07, 6.45) is 1.47. The van der Waals surface area contributed by atoms with Gasteiger partial charge in [0.1, 0.15) is 6.33 Å². The second-order valence-electron chi connectivity index (χ2n) is 3.49. The third-order valence-corrected chi connectivity index (χ3v) is 3.00. The summed E-state index contributed by atoms with van der Waals surface area (Å²) in [7, 11) is 1.67. The van der Waals surface area contributed by atoms with E-state index >= 15 is 0 Å². The summed E-state index contributed by atoms with van der Waals surface area (Å²) < 4.78 is 2.25. The second kappa shape index (κ2) is 4.67. The minimum atomic E-state index is -0.362. The third-order valence-electron chi connectivity index (χ3n) is 2.36. The van der Waals surface area contributed by atoms with Crippen LogP contribution in [0.2, 0.25) is 0 Å². The normalized spacial score (nSPS) is 10.3. The van der Waals surface area contributed by atoms with Crippen LogP contribution >= 0.6 is 15.9 Å². The molecule has 88 valence electrons. The molecule has 0 amide bonds. The maximum atomic E-state index is 11.9. The summed E-state index contributed by atoms with van der Waals surface area (Å²) in [5.74, 6) is 0.316. The van der Waals surface area contributed by atoms with Crippen LogP contribution < -0.4 is 11.0 Å². The van der Waals surface area contributed by atoms with Crippen molar-refractivity contribution in [1.29, 1.82) is 0 Å². The van der Waals surface area contributed by atoms with Gasteiger partial charge in [-0.1, -0.05) is 12.1 Å². The lowest BCUT2D eigenvalue weighted by Crippen LogP contribution is -2.23. The van der Waals surface area contributed by atoms with E-state index in [0.29, 0.717) is 5.95 Å². The molecule has 6 heteroatoms. The molecule has 2 aromatic rings. The Hall–Kier alpha value is -1.69. The number of anilines is 1. The van der Waals surface area contributed by atoms with Gasteiger partial charge in [-0.25, -0.2) is 14.3 Å². The first-order valence-electron chi connectivity index (χ1n) is 5.02. The van der Waals surface area contributed by atoms with Crippen LogP contribution in [0.25, 0.3) is 5.69 Å². The number of nitrogens with one attached hydrogen (secondary N) is 1. The van der Waals surface area contributed by atoms with Gasteiger partial charge in [-0.15, -0.1) is 0 Å². The molecular weight excluding hydrogens is 284 g/mol. The lowest BCUT2D eigenvalue weighted by Gasteiger charge is -2.10. The van der Waals surface area contributed by atoms with Crippen LogP contribution in [0.4, 0.5) is 5.95 Å². The number of hydrogen-bond donors (Lipinski definition) is 1. The zero-order valence-electron chi connectivity index (χ0n) is 9.44. The van der Waals surface area contributed by atoms with Gasteiger partial charge in [0.15, 0.2) is 0 Å². The van der Waals surface area contributed by atoms with Gasteiger partial charge in [-0.2, -0.15) is 4.98 Å². The topological polar surface area (TPSA) is 59.8 Å². The summed E-state index contributed by atoms with van der Waals surface area (Å²) in [6.45, 7) is 1.93. The summed E-state index contributed by atoms with van der Waals surface area (Å²) in [5.41, 5.74) is 1.38. The molecule has 1 aromatic carbocycles. The van der Waals surface area contributed by atoms with Crippen molar-refractivity contribution >= 4 is 21.9 Å². The average Bonchev–Trinajstić information content (AvgIpc) is 2.30. The zero-order chi connectivity index (χ0) is 12.4. The van der Waals surface area contributed by atoms with Gasteiger partial charge in [-0.3, -0.25) is 0 Å². The number of rotatable bonds is 2. The van der Waals surface area contributed by atoms with Gasteiger partial charge in [0.2, 0.25) is 5.95 Å². The third kappa shape index (κ3) is 2.21. The smallest absolute Gasteiger partial charge is 0.356 e. The van der Waals surface area contributed by atoms with Gasteiger partial charge >= 0.3 is 5.69 Å². The molecule has 0 unspecified atom stereocenters. The molecule has 0 spiro atoms. The standard InChI is InChI=1S/C11H11BrN4O/c1-7-4-3-5-8(12)9(7)16-6-14-10(13-2)15-11(16)17/h3-6H,1-2H3,(H,13,15,17). The van der Waals surface area contributed by atoms with Crippen molar-refractivity contribution in [3.8, 4) is 5.69 Å². The van der Waals surface area contributed by atoms with Crippen LogP contribution in [0, 0.1) is 6.92 Å². The van der Waals surface area contributed by atoms with Crippen LogP contribution in [0.5, 0.6) is 0 Å². The van der Waals surface area contributed by atoms with Crippen molar-refractivity contribution in [2.75, 3.05) is 12.4 Å². The lowest BCUT2D eigenvalue weighted by atomic mass is 10.2. The maximum Gasteiger partial charge on any atom is 0.356 e. The molecule has 0 fully saturated rings. The lowest BCUT2D eigenvalue weighted by molar-refractivity contribution is 0.854. The van der Waals surface area contributed by atoms with Crippen molar-refractivity contribution in [3.63, 3.8) is 0 Å². The van der Waals surface area contributed by atoms with E-state index in [4.69, 9.17) is 0 Å². The monoisotopic (exact) mass is 294 g/mol. The summed E-state index contributed by atoms with van der Waals surface area (Å²) >= 11 is 3.42. The van der Waals surface area contributed by atoms with E-state index < -0.39 is 0 Å². The van der Waals surface area contributed by atoms with Crippen molar-refractivity contribution in [2.24, 2.45) is 0 Å². The highest BCUT2D eigenvalue weighted by atomic mass is 79.9. The molecule has 5 nitrogen and oxygen atoms in total. The fraction of sp³-hybridized carbons (Fsp3) is 0.182. The minimum absolute atomic E-state index is 0.316. The molecule has 0 atom stereocenters. The number of halogens is 1. The van der Waals surface area contributed by atoms with E-state index in [-0.39, 0.29) is 5.69 Å². The van der Waals surface area contributed by atoms with E-state index in [0.717, 1.165) is 15.7 Å². The predicted molar refractivity (Wildman–Crippen MR) is 69.6 cm³/mol. The number of benzene rings is 1. The molecular formula is C11H11BrN4O. The predicted octanol–water partition coefficient (Wildman–Crippen LogP) is 1.74. The van der Waals surface area contributed by atoms with Gasteiger partial charge in [0, 0.05) is 11.5 Å². The number of nitrogens with zero attached hydrogens (tertiary/aromatic N) is 3. The molecule has 0 aliphatic carbocycles. The highest BCUT2D eigenvalue weighted by Gasteiger charge is 2.09. The van der Waals surface area contributed by atoms with Gasteiger partial charge in [0.05, 0.1) is 5.69 Å². The second-order valence-corrected chi connectivity index (χ2v) is 4.34. The Morgan fingerprint density at radius 3 is 2.76 bits per heavy atom. The molecule has 1 heterocycles. The Morgan fingerprint density at radius 1 is 1.41 bits per heavy atom. The summed E-state index contributed by atoms with van der Waals surface area (Å²) in [4.78, 5) is 19.7. The van der Waals surface area contributed by atoms with Gasteiger partial charge < -0.3 is 5.32 Å². The Labute approximate surface area is 107 Å². The summed E-state index contributed by atoms with van der Waals surface area (Å²) in [6, 6.07) is 5.72. The quantitative estimate of drug-likeness (QED) is 0.917. The number of hydrogen-bond acceptors (Lipinski definition) is 4. The molecule has 17 heavy (non-hydrogen) atoms. The van der Waals surface area contributed by atoms with Gasteiger partial charge in [0.25, 0.3) is 0 Å². The number of aryl methyl sites for hydroxylation is 1. The molecule has 0 aliphatic rings. The van der Waals surface area contributed by atoms with Crippen LogP contribution in [0.15, 0.2) is 33.8 Å². The van der Waals surface area contributed by atoms with Crippen LogP contribution in [0.3, 0.4) is 0 Å².